The maximum Gasteiger partial charge on any atom is 0.243 e. The number of carbonyl (C=O) groups excluding carboxylic acids is 1. The molecule has 2 N–H and O–H groups in total. The molecule has 1 rings (SSSR count). The minimum Gasteiger partial charge on any atom is -0.322 e. The highest BCUT2D eigenvalue weighted by molar-refractivity contribution is 8.01. The first kappa shape index (κ1) is 15.8. The van der Waals surface area contributed by atoms with Crippen LogP contribution in [0, 0.1) is 0 Å². The van der Waals surface area contributed by atoms with Crippen molar-refractivity contribution in [2.24, 2.45) is 5.73 Å². The van der Waals surface area contributed by atoms with Crippen molar-refractivity contribution in [3.8, 4) is 0 Å². The van der Waals surface area contributed by atoms with Crippen LogP contribution in [0.3, 0.4) is 0 Å². The predicted molar refractivity (Wildman–Crippen MR) is 75.2 cm³/mol. The van der Waals surface area contributed by atoms with Gasteiger partial charge < -0.3 is 10.6 Å². The van der Waals surface area contributed by atoms with Crippen molar-refractivity contribution in [3.05, 3.63) is 0 Å². The predicted octanol–water partition coefficient (Wildman–Crippen LogP) is 0.450. The molecule has 5 nitrogen and oxygen atoms in total. The molecular formula is C11H22N2O3S2. The molecule has 1 saturated heterocycles. The number of nitrogens with two attached hydrogens (primary N) is 1. The number of amides is 1. The highest BCUT2D eigenvalue weighted by Crippen LogP contribution is 2.24. The Morgan fingerprint density at radius 2 is 2.11 bits per heavy atom. The molecule has 0 aromatic carbocycles. The zero-order chi connectivity index (χ0) is 14.0. The lowest BCUT2D eigenvalue weighted by molar-refractivity contribution is -0.136. The van der Waals surface area contributed by atoms with Crippen LogP contribution in [0.15, 0.2) is 0 Å². The zero-order valence-electron chi connectivity index (χ0n) is 11.2. The number of rotatable bonds is 4. The lowest BCUT2D eigenvalue weighted by Gasteiger charge is -2.38. The summed E-state index contributed by atoms with van der Waals surface area (Å²) in [6.45, 7) is 5.56. The van der Waals surface area contributed by atoms with Gasteiger partial charge in [-0.3, -0.25) is 4.79 Å². The van der Waals surface area contributed by atoms with Gasteiger partial charge in [0.25, 0.3) is 0 Å². The fraction of sp³-hybridized carbons (Fsp3) is 0.909. The molecule has 1 fully saturated rings. The Kier molecular flexibility index (Phi) is 5.08. The molecule has 106 valence electrons. The maximum atomic E-state index is 12.4. The number of hydrogen-bond acceptors (Lipinski definition) is 5. The van der Waals surface area contributed by atoms with Crippen molar-refractivity contribution >= 4 is 27.5 Å². The minimum atomic E-state index is -3.26. The summed E-state index contributed by atoms with van der Waals surface area (Å²) in [4.78, 5) is 13.8. The molecule has 1 heterocycles. The molecule has 0 spiro atoms. The first-order valence-corrected chi connectivity index (χ1v) is 9.02. The van der Waals surface area contributed by atoms with Gasteiger partial charge in [-0.15, -0.1) is 0 Å². The van der Waals surface area contributed by atoms with Crippen LogP contribution in [-0.4, -0.2) is 53.9 Å². The average molecular weight is 294 g/mol. The van der Waals surface area contributed by atoms with E-state index in [0.29, 0.717) is 18.7 Å². The molecular weight excluding hydrogens is 272 g/mol. The van der Waals surface area contributed by atoms with Gasteiger partial charge >= 0.3 is 0 Å². The molecule has 2 unspecified atom stereocenters. The normalized spacial score (nSPS) is 24.7. The molecule has 0 radical (unpaired) electrons. The van der Waals surface area contributed by atoms with Crippen molar-refractivity contribution in [1.82, 2.24) is 4.90 Å². The van der Waals surface area contributed by atoms with Crippen molar-refractivity contribution in [2.45, 2.75) is 38.1 Å². The zero-order valence-corrected chi connectivity index (χ0v) is 12.8. The Morgan fingerprint density at radius 3 is 2.61 bits per heavy atom. The quantitative estimate of drug-likeness (QED) is 0.814. The van der Waals surface area contributed by atoms with Crippen molar-refractivity contribution in [2.75, 3.05) is 23.8 Å². The Balaban J connectivity index is 3.01. The first-order chi connectivity index (χ1) is 8.26. The fourth-order valence-electron chi connectivity index (χ4n) is 1.78. The topological polar surface area (TPSA) is 80.5 Å². The summed E-state index contributed by atoms with van der Waals surface area (Å²) in [6.07, 6.45) is 0.494. The van der Waals surface area contributed by atoms with E-state index in [2.05, 4.69) is 0 Å². The third-order valence-corrected chi connectivity index (χ3v) is 6.67. The van der Waals surface area contributed by atoms with E-state index in [1.807, 2.05) is 6.92 Å². The highest BCUT2D eigenvalue weighted by atomic mass is 32.2. The molecule has 2 atom stereocenters. The van der Waals surface area contributed by atoms with Gasteiger partial charge in [-0.25, -0.2) is 8.42 Å². The minimum absolute atomic E-state index is 0.0510. The van der Waals surface area contributed by atoms with Gasteiger partial charge in [-0.1, -0.05) is 13.8 Å². The van der Waals surface area contributed by atoms with E-state index in [0.717, 1.165) is 5.75 Å². The van der Waals surface area contributed by atoms with Gasteiger partial charge in [0.15, 0.2) is 9.84 Å². The van der Waals surface area contributed by atoms with Crippen LogP contribution in [0.25, 0.3) is 0 Å². The van der Waals surface area contributed by atoms with Crippen LogP contribution < -0.4 is 5.73 Å². The fourth-order valence-corrected chi connectivity index (χ4v) is 4.75. The molecule has 0 aromatic heterocycles. The molecule has 0 bridgehead atoms. The summed E-state index contributed by atoms with van der Waals surface area (Å²) in [7, 11) is -3.26. The van der Waals surface area contributed by atoms with Crippen molar-refractivity contribution in [3.63, 3.8) is 0 Å². The average Bonchev–Trinajstić information content (AvgIpc) is 2.37. The van der Waals surface area contributed by atoms with Crippen LogP contribution in [0.4, 0.5) is 0 Å². The van der Waals surface area contributed by atoms with E-state index in [9.17, 15) is 13.2 Å². The largest absolute Gasteiger partial charge is 0.322 e. The van der Waals surface area contributed by atoms with Crippen LogP contribution in [0.1, 0.15) is 27.2 Å². The van der Waals surface area contributed by atoms with E-state index < -0.39 is 20.8 Å². The van der Waals surface area contributed by atoms with Gasteiger partial charge in [0.2, 0.25) is 5.91 Å². The molecule has 1 aliphatic rings. The number of nitrogens with zero attached hydrogens (tertiary/aromatic N) is 1. The van der Waals surface area contributed by atoms with Gasteiger partial charge in [-0.05, 0) is 13.3 Å². The van der Waals surface area contributed by atoms with Crippen LogP contribution in [0.5, 0.6) is 0 Å². The van der Waals surface area contributed by atoms with Crippen LogP contribution >= 0.6 is 11.8 Å². The van der Waals surface area contributed by atoms with Gasteiger partial charge in [0.05, 0.1) is 5.54 Å². The van der Waals surface area contributed by atoms with E-state index in [1.54, 1.807) is 25.6 Å². The maximum absolute atomic E-state index is 12.4. The number of thioether (sulfide) groups is 1. The smallest absolute Gasteiger partial charge is 0.243 e. The van der Waals surface area contributed by atoms with Crippen molar-refractivity contribution < 1.29 is 13.2 Å². The van der Waals surface area contributed by atoms with Crippen LogP contribution in [-0.2, 0) is 14.6 Å². The standard InChI is InChI=1S/C11H22N2O3S2/c1-4-11(3,12)10(14)13-6-7-17-8-9(13)18(15,16)5-2/h9H,4-8,12H2,1-3H3. The Bertz CT molecular complexity index is 407. The lowest BCUT2D eigenvalue weighted by Crippen LogP contribution is -2.60. The summed E-state index contributed by atoms with van der Waals surface area (Å²) in [5.74, 6) is 1.01. The molecule has 1 amide bonds. The summed E-state index contributed by atoms with van der Waals surface area (Å²) >= 11 is 1.57. The summed E-state index contributed by atoms with van der Waals surface area (Å²) in [5.41, 5.74) is 4.96. The van der Waals surface area contributed by atoms with Gasteiger partial charge in [0.1, 0.15) is 5.37 Å². The van der Waals surface area contributed by atoms with Crippen molar-refractivity contribution in [1.29, 1.82) is 0 Å². The summed E-state index contributed by atoms with van der Waals surface area (Å²) in [5, 5.41) is -0.719. The number of hydrogen-bond donors (Lipinski definition) is 1. The third-order valence-electron chi connectivity index (χ3n) is 3.39. The van der Waals surface area contributed by atoms with E-state index in [4.69, 9.17) is 5.73 Å². The summed E-state index contributed by atoms with van der Waals surface area (Å²) < 4.78 is 24.1. The lowest BCUT2D eigenvalue weighted by atomic mass is 9.98. The Labute approximate surface area is 113 Å². The van der Waals surface area contributed by atoms with E-state index >= 15 is 0 Å². The van der Waals surface area contributed by atoms with Gasteiger partial charge in [-0.2, -0.15) is 11.8 Å². The molecule has 7 heteroatoms. The van der Waals surface area contributed by atoms with E-state index in [1.165, 1.54) is 4.90 Å². The Hall–Kier alpha value is -0.270. The molecule has 0 aliphatic carbocycles. The molecule has 18 heavy (non-hydrogen) atoms. The second-order valence-electron chi connectivity index (χ2n) is 4.75. The molecule has 0 aromatic rings. The number of carbonyl (C=O) groups is 1. The second-order valence-corrected chi connectivity index (χ2v) is 8.35. The highest BCUT2D eigenvalue weighted by Gasteiger charge is 2.40. The summed E-state index contributed by atoms with van der Waals surface area (Å²) in [6, 6.07) is 0. The van der Waals surface area contributed by atoms with Gasteiger partial charge in [0, 0.05) is 23.8 Å². The number of sulfone groups is 1. The Morgan fingerprint density at radius 1 is 1.50 bits per heavy atom. The SMILES string of the molecule is CCC(C)(N)C(=O)N1CCSCC1S(=O)(=O)CC. The van der Waals surface area contributed by atoms with Crippen LogP contribution in [0.2, 0.25) is 0 Å². The monoisotopic (exact) mass is 294 g/mol. The molecule has 1 aliphatic heterocycles. The first-order valence-electron chi connectivity index (χ1n) is 6.15. The second kappa shape index (κ2) is 5.79. The molecule has 0 saturated carbocycles. The third kappa shape index (κ3) is 3.19. The van der Waals surface area contributed by atoms with E-state index in [-0.39, 0.29) is 11.7 Å².